The van der Waals surface area contributed by atoms with Crippen molar-refractivity contribution in [1.29, 1.82) is 0 Å². The van der Waals surface area contributed by atoms with Crippen LogP contribution in [0, 0.1) is 6.92 Å². The first kappa shape index (κ1) is 15.3. The largest absolute Gasteiger partial charge is 0.490 e. The summed E-state index contributed by atoms with van der Waals surface area (Å²) >= 11 is 0. The highest BCUT2D eigenvalue weighted by molar-refractivity contribution is 5.39. The van der Waals surface area contributed by atoms with E-state index in [2.05, 4.69) is 39.0 Å². The van der Waals surface area contributed by atoms with Crippen LogP contribution >= 0.6 is 0 Å². The summed E-state index contributed by atoms with van der Waals surface area (Å²) in [7, 11) is 0. The van der Waals surface area contributed by atoms with E-state index in [-0.39, 0.29) is 12.7 Å². The van der Waals surface area contributed by atoms with Gasteiger partial charge in [0.2, 0.25) is 0 Å². The Balaban J connectivity index is 2.15. The van der Waals surface area contributed by atoms with E-state index >= 15 is 0 Å². The fourth-order valence-corrected chi connectivity index (χ4v) is 2.98. The average Bonchev–Trinajstić information content (AvgIpc) is 2.38. The van der Waals surface area contributed by atoms with Crippen LogP contribution in [0.3, 0.4) is 0 Å². The molecule has 2 unspecified atom stereocenters. The van der Waals surface area contributed by atoms with Crippen molar-refractivity contribution in [3.05, 3.63) is 29.3 Å². The molecule has 1 aliphatic rings. The summed E-state index contributed by atoms with van der Waals surface area (Å²) < 4.78 is 6.23. The van der Waals surface area contributed by atoms with E-state index in [1.54, 1.807) is 0 Å². The van der Waals surface area contributed by atoms with Crippen LogP contribution in [0.25, 0.3) is 0 Å². The van der Waals surface area contributed by atoms with Crippen LogP contribution in [-0.2, 0) is 0 Å². The lowest BCUT2D eigenvalue weighted by Crippen LogP contribution is -2.50. The van der Waals surface area contributed by atoms with Crippen molar-refractivity contribution < 1.29 is 9.84 Å². The Morgan fingerprint density at radius 3 is 2.85 bits per heavy atom. The molecule has 3 N–H and O–H groups in total. The van der Waals surface area contributed by atoms with E-state index in [1.807, 2.05) is 0 Å². The lowest BCUT2D eigenvalue weighted by molar-refractivity contribution is 0.0721. The number of ether oxygens (including phenoxy) is 1. The topological polar surface area (TPSA) is 55.5 Å². The van der Waals surface area contributed by atoms with Crippen LogP contribution in [-0.4, -0.2) is 23.4 Å². The van der Waals surface area contributed by atoms with Gasteiger partial charge in [-0.1, -0.05) is 26.0 Å². The number of rotatable bonds is 4. The van der Waals surface area contributed by atoms with Gasteiger partial charge < -0.3 is 15.6 Å². The fourth-order valence-electron chi connectivity index (χ4n) is 2.98. The average molecular weight is 277 g/mol. The van der Waals surface area contributed by atoms with Gasteiger partial charge in [-0.3, -0.25) is 0 Å². The van der Waals surface area contributed by atoms with Crippen LogP contribution < -0.4 is 10.5 Å². The van der Waals surface area contributed by atoms with Crippen LogP contribution in [0.5, 0.6) is 5.75 Å². The lowest BCUT2D eigenvalue weighted by atomic mass is 9.81. The molecule has 0 saturated heterocycles. The maximum atomic E-state index is 9.44. The molecule has 0 bridgehead atoms. The third kappa shape index (κ3) is 3.53. The number of aryl methyl sites for hydroxylation is 1. The third-order valence-corrected chi connectivity index (χ3v) is 4.23. The van der Waals surface area contributed by atoms with E-state index in [1.165, 1.54) is 11.1 Å². The minimum Gasteiger partial charge on any atom is -0.490 e. The third-order valence-electron chi connectivity index (χ3n) is 4.23. The number of hydrogen-bond acceptors (Lipinski definition) is 3. The van der Waals surface area contributed by atoms with Crippen molar-refractivity contribution >= 4 is 0 Å². The fraction of sp³-hybridized carbons (Fsp3) is 0.647. The van der Waals surface area contributed by atoms with Crippen LogP contribution in [0.4, 0.5) is 0 Å². The Morgan fingerprint density at radius 2 is 2.20 bits per heavy atom. The molecule has 1 aromatic carbocycles. The Morgan fingerprint density at radius 1 is 1.45 bits per heavy atom. The van der Waals surface area contributed by atoms with Gasteiger partial charge in [-0.05, 0) is 49.3 Å². The predicted octanol–water partition coefficient (Wildman–Crippen LogP) is 3.13. The smallest absolute Gasteiger partial charge is 0.123 e. The quantitative estimate of drug-likeness (QED) is 0.889. The van der Waals surface area contributed by atoms with Crippen LogP contribution in [0.1, 0.15) is 56.6 Å². The number of aliphatic hydroxyl groups is 1. The Labute approximate surface area is 122 Å². The molecule has 1 saturated carbocycles. The molecular weight excluding hydrogens is 250 g/mol. The van der Waals surface area contributed by atoms with Gasteiger partial charge in [0.15, 0.2) is 0 Å². The Hall–Kier alpha value is -1.06. The van der Waals surface area contributed by atoms with Crippen molar-refractivity contribution in [1.82, 2.24) is 0 Å². The highest BCUT2D eigenvalue weighted by Crippen LogP contribution is 2.33. The van der Waals surface area contributed by atoms with Gasteiger partial charge in [0.25, 0.3) is 0 Å². The Bertz CT molecular complexity index is 458. The summed E-state index contributed by atoms with van der Waals surface area (Å²) in [6.07, 6.45) is 3.76. The summed E-state index contributed by atoms with van der Waals surface area (Å²) in [6, 6.07) is 6.39. The van der Waals surface area contributed by atoms with Crippen LogP contribution in [0.2, 0.25) is 0 Å². The first-order chi connectivity index (χ1) is 9.43. The van der Waals surface area contributed by atoms with Gasteiger partial charge in [0.1, 0.15) is 11.9 Å². The zero-order valence-electron chi connectivity index (χ0n) is 12.9. The highest BCUT2D eigenvalue weighted by atomic mass is 16.5. The SMILES string of the molecule is Cc1ccc(C(C)C)c(OC2CCCC(N)(CO)C2)c1. The van der Waals surface area contributed by atoms with E-state index in [9.17, 15) is 5.11 Å². The minimum absolute atomic E-state index is 0.0394. The zero-order chi connectivity index (χ0) is 14.8. The van der Waals surface area contributed by atoms with Crippen molar-refractivity contribution in [3.63, 3.8) is 0 Å². The summed E-state index contributed by atoms with van der Waals surface area (Å²) in [5, 5.41) is 9.44. The zero-order valence-corrected chi connectivity index (χ0v) is 12.9. The summed E-state index contributed by atoms with van der Waals surface area (Å²) in [5.41, 5.74) is 8.19. The second-order valence-corrected chi connectivity index (χ2v) is 6.55. The molecule has 3 heteroatoms. The summed E-state index contributed by atoms with van der Waals surface area (Å²) in [4.78, 5) is 0. The molecule has 1 aromatic rings. The molecule has 0 heterocycles. The molecule has 1 aliphatic carbocycles. The van der Waals surface area contributed by atoms with Crippen LogP contribution in [0.15, 0.2) is 18.2 Å². The van der Waals surface area contributed by atoms with Crippen molar-refractivity contribution in [2.24, 2.45) is 5.73 Å². The molecule has 2 rings (SSSR count). The molecule has 0 aliphatic heterocycles. The number of aliphatic hydroxyl groups excluding tert-OH is 1. The molecule has 0 amide bonds. The molecule has 0 spiro atoms. The van der Waals surface area contributed by atoms with Crippen molar-refractivity contribution in [3.8, 4) is 5.75 Å². The first-order valence-corrected chi connectivity index (χ1v) is 7.60. The lowest BCUT2D eigenvalue weighted by Gasteiger charge is -2.37. The maximum absolute atomic E-state index is 9.44. The van der Waals surface area contributed by atoms with Crippen molar-refractivity contribution in [2.45, 2.75) is 64.0 Å². The maximum Gasteiger partial charge on any atom is 0.123 e. The van der Waals surface area contributed by atoms with E-state index in [0.29, 0.717) is 5.92 Å². The molecule has 0 aromatic heterocycles. The first-order valence-electron chi connectivity index (χ1n) is 7.60. The molecular formula is C17H27NO2. The predicted molar refractivity (Wildman–Crippen MR) is 82.2 cm³/mol. The second kappa shape index (κ2) is 6.15. The molecule has 20 heavy (non-hydrogen) atoms. The van der Waals surface area contributed by atoms with E-state index in [4.69, 9.17) is 10.5 Å². The van der Waals surface area contributed by atoms with Gasteiger partial charge in [-0.25, -0.2) is 0 Å². The van der Waals surface area contributed by atoms with E-state index in [0.717, 1.165) is 31.4 Å². The van der Waals surface area contributed by atoms with Gasteiger partial charge in [0.05, 0.1) is 6.61 Å². The molecule has 2 atom stereocenters. The summed E-state index contributed by atoms with van der Waals surface area (Å²) in [6.45, 7) is 6.48. The number of nitrogens with two attached hydrogens (primary N) is 1. The van der Waals surface area contributed by atoms with Gasteiger partial charge in [-0.2, -0.15) is 0 Å². The molecule has 3 nitrogen and oxygen atoms in total. The van der Waals surface area contributed by atoms with Crippen molar-refractivity contribution in [2.75, 3.05) is 6.61 Å². The normalized spacial score (nSPS) is 26.8. The van der Waals surface area contributed by atoms with E-state index < -0.39 is 5.54 Å². The monoisotopic (exact) mass is 277 g/mol. The standard InChI is InChI=1S/C17H27NO2/c1-12(2)15-7-6-13(3)9-16(15)20-14-5-4-8-17(18,10-14)11-19/h6-7,9,12,14,19H,4-5,8,10-11,18H2,1-3H3. The van der Waals surface area contributed by atoms with Gasteiger partial charge >= 0.3 is 0 Å². The second-order valence-electron chi connectivity index (χ2n) is 6.55. The number of hydrogen-bond donors (Lipinski definition) is 2. The minimum atomic E-state index is -0.468. The van der Waals surface area contributed by atoms with Gasteiger partial charge in [0, 0.05) is 12.0 Å². The molecule has 112 valence electrons. The molecule has 1 fully saturated rings. The molecule has 0 radical (unpaired) electrons. The highest BCUT2D eigenvalue weighted by Gasteiger charge is 2.33. The number of benzene rings is 1. The van der Waals surface area contributed by atoms with Gasteiger partial charge in [-0.15, -0.1) is 0 Å². The summed E-state index contributed by atoms with van der Waals surface area (Å²) in [5.74, 6) is 1.42. The Kier molecular flexibility index (Phi) is 4.71.